The summed E-state index contributed by atoms with van der Waals surface area (Å²) in [5.74, 6) is 0. The van der Waals surface area contributed by atoms with E-state index in [9.17, 15) is 13.5 Å². The van der Waals surface area contributed by atoms with Gasteiger partial charge in [0.15, 0.2) is 0 Å². The zero-order valence-corrected chi connectivity index (χ0v) is 13.3. The minimum Gasteiger partial charge on any atom is -0.389 e. The molecule has 0 aromatic carbocycles. The van der Waals surface area contributed by atoms with Crippen molar-refractivity contribution in [3.8, 4) is 0 Å². The first-order valence-electron chi connectivity index (χ1n) is 6.69. The highest BCUT2D eigenvalue weighted by Gasteiger charge is 2.36. The molecule has 1 fully saturated rings. The van der Waals surface area contributed by atoms with Crippen LogP contribution in [0, 0.1) is 0 Å². The number of likely N-dealkylation sites (N-methyl/N-ethyl adjacent to an activating group) is 1. The van der Waals surface area contributed by atoms with Crippen molar-refractivity contribution in [2.24, 2.45) is 0 Å². The number of hydrogen-bond acceptors (Lipinski definition) is 4. The van der Waals surface area contributed by atoms with Gasteiger partial charge in [-0.05, 0) is 27.7 Å². The van der Waals surface area contributed by atoms with Gasteiger partial charge in [0.1, 0.15) is 0 Å². The van der Waals surface area contributed by atoms with Gasteiger partial charge in [0.2, 0.25) is 0 Å². The number of aliphatic hydroxyl groups is 1. The molecule has 7 heteroatoms. The lowest BCUT2D eigenvalue weighted by Crippen LogP contribution is -2.55. The molecule has 6 nitrogen and oxygen atoms in total. The van der Waals surface area contributed by atoms with E-state index in [4.69, 9.17) is 4.74 Å². The average molecular weight is 294 g/mol. The molecular weight excluding hydrogens is 268 g/mol. The molecule has 0 radical (unpaired) electrons. The van der Waals surface area contributed by atoms with Crippen LogP contribution < -0.4 is 0 Å². The van der Waals surface area contributed by atoms with E-state index in [-0.39, 0.29) is 18.8 Å². The lowest BCUT2D eigenvalue weighted by Gasteiger charge is -2.38. The van der Waals surface area contributed by atoms with E-state index in [1.807, 2.05) is 13.8 Å². The summed E-state index contributed by atoms with van der Waals surface area (Å²) in [4.78, 5) is 0. The Morgan fingerprint density at radius 2 is 1.79 bits per heavy atom. The molecule has 0 spiro atoms. The topological polar surface area (TPSA) is 70.1 Å². The zero-order chi connectivity index (χ0) is 14.8. The largest absolute Gasteiger partial charge is 0.389 e. The predicted molar refractivity (Wildman–Crippen MR) is 74.0 cm³/mol. The molecule has 0 saturated carbocycles. The van der Waals surface area contributed by atoms with Crippen LogP contribution in [0.4, 0.5) is 0 Å². The average Bonchev–Trinajstić information content (AvgIpc) is 2.23. The quantitative estimate of drug-likeness (QED) is 0.798. The third-order valence-electron chi connectivity index (χ3n) is 2.95. The Bertz CT molecular complexity index is 373. The second-order valence-corrected chi connectivity index (χ2v) is 7.75. The van der Waals surface area contributed by atoms with Gasteiger partial charge in [0.25, 0.3) is 10.2 Å². The van der Waals surface area contributed by atoms with Crippen LogP contribution in [0.1, 0.15) is 34.6 Å². The third-order valence-corrected chi connectivity index (χ3v) is 4.95. The second-order valence-electron chi connectivity index (χ2n) is 5.82. The maximum atomic E-state index is 12.6. The Labute approximate surface area is 116 Å². The molecule has 0 amide bonds. The number of morpholine rings is 1. The maximum absolute atomic E-state index is 12.6. The van der Waals surface area contributed by atoms with Crippen molar-refractivity contribution < 1.29 is 18.3 Å². The number of hydrogen-bond donors (Lipinski definition) is 1. The fourth-order valence-corrected chi connectivity index (χ4v) is 4.20. The van der Waals surface area contributed by atoms with Crippen LogP contribution in [0.3, 0.4) is 0 Å². The van der Waals surface area contributed by atoms with Crippen LogP contribution in [0.25, 0.3) is 0 Å². The van der Waals surface area contributed by atoms with Crippen LogP contribution in [-0.2, 0) is 14.9 Å². The summed E-state index contributed by atoms with van der Waals surface area (Å²) in [6.45, 7) is 9.86. The van der Waals surface area contributed by atoms with E-state index in [1.54, 1.807) is 20.8 Å². The predicted octanol–water partition coefficient (Wildman–Crippen LogP) is 0.433. The van der Waals surface area contributed by atoms with Gasteiger partial charge in [0, 0.05) is 26.2 Å². The molecule has 114 valence electrons. The number of nitrogens with zero attached hydrogens (tertiary/aromatic N) is 2. The van der Waals surface area contributed by atoms with E-state index in [1.165, 1.54) is 8.61 Å². The molecule has 1 rings (SSSR count). The highest BCUT2D eigenvalue weighted by molar-refractivity contribution is 7.86. The summed E-state index contributed by atoms with van der Waals surface area (Å²) in [6.07, 6.45) is -0.223. The molecule has 1 saturated heterocycles. The first-order valence-corrected chi connectivity index (χ1v) is 8.09. The standard InChI is InChI=1S/C12H26N2O4S/c1-6-13(9-12(4,5)15)19(16,17)14-7-10(2)18-11(3)8-14/h10-11,15H,6-9H2,1-5H3. The Kier molecular flexibility index (Phi) is 5.36. The second kappa shape index (κ2) is 6.05. The van der Waals surface area contributed by atoms with Crippen LogP contribution in [-0.4, -0.2) is 66.1 Å². The van der Waals surface area contributed by atoms with Crippen molar-refractivity contribution in [3.63, 3.8) is 0 Å². The van der Waals surface area contributed by atoms with Gasteiger partial charge in [-0.2, -0.15) is 17.0 Å². The molecule has 2 unspecified atom stereocenters. The highest BCUT2D eigenvalue weighted by atomic mass is 32.2. The molecule has 0 aliphatic carbocycles. The first-order chi connectivity index (χ1) is 8.56. The SMILES string of the molecule is CCN(CC(C)(C)O)S(=O)(=O)N1CC(C)OC(C)C1. The fourth-order valence-electron chi connectivity index (χ4n) is 2.27. The molecule has 0 aromatic heterocycles. The first kappa shape index (κ1) is 16.8. The van der Waals surface area contributed by atoms with Gasteiger partial charge < -0.3 is 9.84 Å². The Balaban J connectivity index is 2.88. The van der Waals surface area contributed by atoms with Gasteiger partial charge in [-0.3, -0.25) is 0 Å². The smallest absolute Gasteiger partial charge is 0.282 e. The van der Waals surface area contributed by atoms with Gasteiger partial charge in [0.05, 0.1) is 17.8 Å². The summed E-state index contributed by atoms with van der Waals surface area (Å²) in [5, 5.41) is 9.84. The van der Waals surface area contributed by atoms with Crippen molar-refractivity contribution in [3.05, 3.63) is 0 Å². The lowest BCUT2D eigenvalue weighted by molar-refractivity contribution is -0.0460. The molecule has 1 N–H and O–H groups in total. The normalized spacial score (nSPS) is 26.9. The summed E-state index contributed by atoms with van der Waals surface area (Å²) in [6, 6.07) is 0. The maximum Gasteiger partial charge on any atom is 0.282 e. The summed E-state index contributed by atoms with van der Waals surface area (Å²) in [7, 11) is -3.55. The van der Waals surface area contributed by atoms with Gasteiger partial charge in [-0.15, -0.1) is 0 Å². The van der Waals surface area contributed by atoms with Crippen molar-refractivity contribution in [2.45, 2.75) is 52.4 Å². The Morgan fingerprint density at radius 1 is 1.32 bits per heavy atom. The zero-order valence-electron chi connectivity index (χ0n) is 12.5. The molecule has 0 aromatic rings. The van der Waals surface area contributed by atoms with Crippen molar-refractivity contribution in [1.82, 2.24) is 8.61 Å². The fraction of sp³-hybridized carbons (Fsp3) is 1.00. The van der Waals surface area contributed by atoms with Crippen molar-refractivity contribution in [2.75, 3.05) is 26.2 Å². The third kappa shape index (κ3) is 4.68. The minimum atomic E-state index is -3.55. The highest BCUT2D eigenvalue weighted by Crippen LogP contribution is 2.19. The monoisotopic (exact) mass is 294 g/mol. The Morgan fingerprint density at radius 3 is 2.16 bits per heavy atom. The molecule has 2 atom stereocenters. The van der Waals surface area contributed by atoms with E-state index in [0.29, 0.717) is 19.6 Å². The molecule has 1 aliphatic heterocycles. The number of ether oxygens (including phenoxy) is 1. The molecule has 1 heterocycles. The van der Waals surface area contributed by atoms with Crippen LogP contribution in [0.5, 0.6) is 0 Å². The van der Waals surface area contributed by atoms with E-state index in [2.05, 4.69) is 0 Å². The molecule has 1 aliphatic rings. The van der Waals surface area contributed by atoms with Gasteiger partial charge in [-0.25, -0.2) is 0 Å². The summed E-state index contributed by atoms with van der Waals surface area (Å²) < 4.78 is 33.5. The van der Waals surface area contributed by atoms with Gasteiger partial charge in [-0.1, -0.05) is 6.92 Å². The van der Waals surface area contributed by atoms with Gasteiger partial charge >= 0.3 is 0 Å². The van der Waals surface area contributed by atoms with Crippen LogP contribution >= 0.6 is 0 Å². The van der Waals surface area contributed by atoms with E-state index >= 15 is 0 Å². The summed E-state index contributed by atoms with van der Waals surface area (Å²) in [5.41, 5.74) is -1.05. The van der Waals surface area contributed by atoms with Crippen molar-refractivity contribution >= 4 is 10.2 Å². The minimum absolute atomic E-state index is 0.0892. The molecule has 19 heavy (non-hydrogen) atoms. The van der Waals surface area contributed by atoms with Crippen molar-refractivity contribution in [1.29, 1.82) is 0 Å². The number of rotatable bonds is 5. The summed E-state index contributed by atoms with van der Waals surface area (Å²) >= 11 is 0. The van der Waals surface area contributed by atoms with E-state index in [0.717, 1.165) is 0 Å². The van der Waals surface area contributed by atoms with E-state index < -0.39 is 15.8 Å². The Hall–Kier alpha value is -0.210. The lowest BCUT2D eigenvalue weighted by atomic mass is 10.1. The molecular formula is C12H26N2O4S. The molecule has 0 bridgehead atoms. The van der Waals surface area contributed by atoms with Crippen LogP contribution in [0.2, 0.25) is 0 Å². The van der Waals surface area contributed by atoms with Crippen LogP contribution in [0.15, 0.2) is 0 Å².